The first-order chi connectivity index (χ1) is 9.84. The second-order valence-electron chi connectivity index (χ2n) is 4.15. The summed E-state index contributed by atoms with van der Waals surface area (Å²) in [5, 5.41) is 6.05. The molecule has 0 spiro atoms. The van der Waals surface area contributed by atoms with Crippen molar-refractivity contribution in [3.05, 3.63) is 46.2 Å². The molecule has 1 aromatic heterocycles. The lowest BCUT2D eigenvalue weighted by Crippen LogP contribution is -2.26. The summed E-state index contributed by atoms with van der Waals surface area (Å²) in [5.74, 6) is -0.798. The Hall–Kier alpha value is -1.83. The maximum atomic E-state index is 13.3. The largest absolute Gasteiger partial charge is 0.434 e. The van der Waals surface area contributed by atoms with Crippen LogP contribution in [0.15, 0.2) is 34.9 Å². The maximum Gasteiger partial charge on any atom is 0.434 e. The Kier molecular flexibility index (Phi) is 4.36. The van der Waals surface area contributed by atoms with Crippen molar-refractivity contribution in [2.45, 2.75) is 13.1 Å². The number of aromatic nitrogens is 2. The number of hydrogen-bond donors (Lipinski definition) is 1. The Morgan fingerprint density at radius 1 is 1.33 bits per heavy atom. The van der Waals surface area contributed by atoms with Crippen LogP contribution in [0.1, 0.15) is 23.0 Å². The van der Waals surface area contributed by atoms with Crippen molar-refractivity contribution in [2.24, 2.45) is 0 Å². The number of carbonyl (C=O) groups is 1. The van der Waals surface area contributed by atoms with E-state index in [0.717, 1.165) is 15.4 Å². The number of nitrogens with zero attached hydrogens (tertiary/aromatic N) is 2. The number of hydrogen-bond acceptors (Lipinski definition) is 2. The molecule has 4 nitrogen and oxygen atoms in total. The van der Waals surface area contributed by atoms with E-state index < -0.39 is 23.3 Å². The first-order valence-electron chi connectivity index (χ1n) is 6.04. The molecule has 1 aromatic carbocycles. The quantitative estimate of drug-likeness (QED) is 0.910. The van der Waals surface area contributed by atoms with Crippen LogP contribution in [-0.4, -0.2) is 22.2 Å². The molecule has 1 amide bonds. The Morgan fingerprint density at radius 2 is 1.95 bits per heavy atom. The van der Waals surface area contributed by atoms with Crippen LogP contribution in [0.5, 0.6) is 0 Å². The minimum absolute atomic E-state index is 0.223. The lowest BCUT2D eigenvalue weighted by atomic mass is 10.2. The number of amides is 1. The van der Waals surface area contributed by atoms with Crippen LogP contribution in [0.25, 0.3) is 5.69 Å². The summed E-state index contributed by atoms with van der Waals surface area (Å²) in [6.45, 7) is 1.86. The van der Waals surface area contributed by atoms with Crippen molar-refractivity contribution in [1.82, 2.24) is 15.1 Å². The number of nitrogens with one attached hydrogen (secondary N) is 1. The predicted octanol–water partition coefficient (Wildman–Crippen LogP) is 3.40. The molecular weight excluding hydrogens is 351 g/mol. The van der Waals surface area contributed by atoms with E-state index in [4.69, 9.17) is 0 Å². The Labute approximate surface area is 127 Å². The van der Waals surface area contributed by atoms with Crippen LogP contribution in [0.2, 0.25) is 0 Å². The first kappa shape index (κ1) is 15.6. The summed E-state index contributed by atoms with van der Waals surface area (Å²) in [6.07, 6.45) is -3.76. The van der Waals surface area contributed by atoms with Crippen molar-refractivity contribution >= 4 is 21.8 Å². The highest BCUT2D eigenvalue weighted by molar-refractivity contribution is 9.10. The van der Waals surface area contributed by atoms with Gasteiger partial charge in [-0.1, -0.05) is 15.9 Å². The van der Waals surface area contributed by atoms with Gasteiger partial charge in [0.2, 0.25) is 0 Å². The number of carbonyl (C=O) groups excluding carboxylic acids is 1. The molecule has 0 saturated heterocycles. The van der Waals surface area contributed by atoms with Crippen LogP contribution in [0.4, 0.5) is 13.2 Å². The zero-order valence-corrected chi connectivity index (χ0v) is 12.5. The molecule has 0 radical (unpaired) electrons. The monoisotopic (exact) mass is 361 g/mol. The smallest absolute Gasteiger partial charge is 0.352 e. The minimum Gasteiger partial charge on any atom is -0.352 e. The molecule has 0 saturated carbocycles. The number of alkyl halides is 3. The van der Waals surface area contributed by atoms with Crippen molar-refractivity contribution in [1.29, 1.82) is 0 Å². The van der Waals surface area contributed by atoms with E-state index >= 15 is 0 Å². The predicted molar refractivity (Wildman–Crippen MR) is 74.3 cm³/mol. The van der Waals surface area contributed by atoms with Gasteiger partial charge >= 0.3 is 6.18 Å². The average Bonchev–Trinajstić information content (AvgIpc) is 2.84. The molecule has 2 rings (SSSR count). The van der Waals surface area contributed by atoms with Crippen LogP contribution in [0, 0.1) is 0 Å². The van der Waals surface area contributed by atoms with Gasteiger partial charge in [-0.05, 0) is 31.2 Å². The average molecular weight is 362 g/mol. The maximum absolute atomic E-state index is 13.3. The van der Waals surface area contributed by atoms with Gasteiger partial charge in [0.1, 0.15) is 0 Å². The molecule has 2 aromatic rings. The van der Waals surface area contributed by atoms with Crippen LogP contribution in [-0.2, 0) is 6.18 Å². The summed E-state index contributed by atoms with van der Waals surface area (Å²) in [5.41, 5.74) is -1.36. The summed E-state index contributed by atoms with van der Waals surface area (Å²) in [7, 11) is 0. The van der Waals surface area contributed by atoms with Gasteiger partial charge in [0.15, 0.2) is 5.69 Å². The van der Waals surface area contributed by atoms with Crippen LogP contribution >= 0.6 is 15.9 Å². The molecule has 0 aliphatic carbocycles. The normalized spacial score (nSPS) is 11.5. The molecule has 0 fully saturated rings. The fourth-order valence-electron chi connectivity index (χ4n) is 1.82. The third kappa shape index (κ3) is 3.26. The molecule has 0 aliphatic heterocycles. The van der Waals surface area contributed by atoms with Gasteiger partial charge in [-0.3, -0.25) is 4.79 Å². The van der Waals surface area contributed by atoms with Crippen molar-refractivity contribution in [2.75, 3.05) is 6.54 Å². The zero-order valence-electron chi connectivity index (χ0n) is 10.9. The highest BCUT2D eigenvalue weighted by atomic mass is 79.9. The van der Waals surface area contributed by atoms with Crippen LogP contribution < -0.4 is 5.32 Å². The molecular formula is C13H11BrF3N3O. The summed E-state index contributed by atoms with van der Waals surface area (Å²) >= 11 is 3.21. The summed E-state index contributed by atoms with van der Waals surface area (Å²) in [6, 6.07) is 6.16. The molecule has 0 bridgehead atoms. The van der Waals surface area contributed by atoms with Gasteiger partial charge in [-0.2, -0.15) is 18.3 Å². The van der Waals surface area contributed by atoms with Gasteiger partial charge in [-0.15, -0.1) is 0 Å². The van der Waals surface area contributed by atoms with E-state index in [-0.39, 0.29) is 12.2 Å². The number of halogens is 4. The third-order valence-corrected chi connectivity index (χ3v) is 3.22. The van der Waals surface area contributed by atoms with Gasteiger partial charge in [0, 0.05) is 11.0 Å². The molecule has 1 heterocycles. The third-order valence-electron chi connectivity index (χ3n) is 2.69. The fraction of sp³-hybridized carbons (Fsp3) is 0.231. The molecule has 0 atom stereocenters. The van der Waals surface area contributed by atoms with E-state index in [0.29, 0.717) is 0 Å². The zero-order chi connectivity index (χ0) is 15.6. The molecule has 112 valence electrons. The SMILES string of the molecule is CCNC(=O)c1cnn(-c2ccc(Br)cc2)c1C(F)(F)F. The number of rotatable bonds is 3. The first-order valence-corrected chi connectivity index (χ1v) is 6.83. The van der Waals surface area contributed by atoms with Gasteiger partial charge < -0.3 is 5.32 Å². The highest BCUT2D eigenvalue weighted by Crippen LogP contribution is 2.33. The van der Waals surface area contributed by atoms with Crippen molar-refractivity contribution in [3.63, 3.8) is 0 Å². The van der Waals surface area contributed by atoms with Crippen molar-refractivity contribution < 1.29 is 18.0 Å². The second kappa shape index (κ2) is 5.88. The van der Waals surface area contributed by atoms with E-state index in [9.17, 15) is 18.0 Å². The molecule has 0 unspecified atom stereocenters. The van der Waals surface area contributed by atoms with Gasteiger partial charge in [0.25, 0.3) is 5.91 Å². The highest BCUT2D eigenvalue weighted by Gasteiger charge is 2.40. The summed E-state index contributed by atoms with van der Waals surface area (Å²) < 4.78 is 41.2. The van der Waals surface area contributed by atoms with Gasteiger partial charge in [-0.25, -0.2) is 4.68 Å². The minimum atomic E-state index is -4.69. The Balaban J connectivity index is 2.57. The molecule has 8 heteroatoms. The molecule has 1 N–H and O–H groups in total. The van der Waals surface area contributed by atoms with E-state index in [1.165, 1.54) is 12.1 Å². The van der Waals surface area contributed by atoms with E-state index in [1.54, 1.807) is 19.1 Å². The van der Waals surface area contributed by atoms with Crippen molar-refractivity contribution in [3.8, 4) is 5.69 Å². The lowest BCUT2D eigenvalue weighted by molar-refractivity contribution is -0.143. The van der Waals surface area contributed by atoms with Gasteiger partial charge in [0.05, 0.1) is 17.4 Å². The lowest BCUT2D eigenvalue weighted by Gasteiger charge is -2.12. The summed E-state index contributed by atoms with van der Waals surface area (Å²) in [4.78, 5) is 11.7. The topological polar surface area (TPSA) is 46.9 Å². The fourth-order valence-corrected chi connectivity index (χ4v) is 2.09. The Morgan fingerprint density at radius 3 is 2.48 bits per heavy atom. The van der Waals surface area contributed by atoms with E-state index in [1.807, 2.05) is 0 Å². The Bertz CT molecular complexity index is 650. The molecule has 21 heavy (non-hydrogen) atoms. The number of benzene rings is 1. The van der Waals surface area contributed by atoms with E-state index in [2.05, 4.69) is 26.3 Å². The van der Waals surface area contributed by atoms with Crippen LogP contribution in [0.3, 0.4) is 0 Å². The second-order valence-corrected chi connectivity index (χ2v) is 5.07. The standard InChI is InChI=1S/C13H11BrF3N3O/c1-2-18-12(21)10-7-19-20(11(10)13(15,16)17)9-5-3-8(14)4-6-9/h3-7H,2H2,1H3,(H,18,21). The molecule has 0 aliphatic rings.